The fourth-order valence-corrected chi connectivity index (χ4v) is 3.34. The van der Waals surface area contributed by atoms with Crippen molar-refractivity contribution in [1.29, 1.82) is 0 Å². The van der Waals surface area contributed by atoms with Gasteiger partial charge >= 0.3 is 0 Å². The second kappa shape index (κ2) is 8.55. The van der Waals surface area contributed by atoms with Crippen molar-refractivity contribution in [1.82, 2.24) is 15.1 Å². The highest BCUT2D eigenvalue weighted by Gasteiger charge is 2.14. The number of carbonyl (C=O) groups excluding carboxylic acids is 1. The van der Waals surface area contributed by atoms with Crippen molar-refractivity contribution in [3.8, 4) is 11.4 Å². The Kier molecular flexibility index (Phi) is 5.66. The van der Waals surface area contributed by atoms with Crippen molar-refractivity contribution in [2.24, 2.45) is 0 Å². The number of hydrogen-bond donors (Lipinski definition) is 2. The highest BCUT2D eigenvalue weighted by Crippen LogP contribution is 2.19. The Morgan fingerprint density at radius 2 is 1.90 bits per heavy atom. The summed E-state index contributed by atoms with van der Waals surface area (Å²) in [6.07, 6.45) is 0.481. The molecule has 2 aromatic carbocycles. The quantitative estimate of drug-likeness (QED) is 0.479. The van der Waals surface area contributed by atoms with Crippen molar-refractivity contribution in [2.75, 3.05) is 5.32 Å². The molecule has 0 bridgehead atoms. The normalized spacial score (nSPS) is 11.2. The molecular formula is C24H24N4O3. The molecule has 0 aliphatic rings. The summed E-state index contributed by atoms with van der Waals surface area (Å²) in [5.74, 6) is 0.818. The molecule has 1 amide bonds. The number of aromatic amines is 1. The average Bonchev–Trinajstić information content (AvgIpc) is 3.21. The zero-order valence-electron chi connectivity index (χ0n) is 17.7. The molecule has 2 aromatic heterocycles. The molecule has 0 radical (unpaired) electrons. The van der Waals surface area contributed by atoms with E-state index in [1.807, 2.05) is 49.4 Å². The lowest BCUT2D eigenvalue weighted by atomic mass is 10.0. The average molecular weight is 416 g/mol. The maximum atomic E-state index is 12.4. The molecule has 0 aliphatic heterocycles. The summed E-state index contributed by atoms with van der Waals surface area (Å²) in [6, 6.07) is 15.4. The van der Waals surface area contributed by atoms with Gasteiger partial charge in [-0.05, 0) is 53.6 Å². The van der Waals surface area contributed by atoms with Gasteiger partial charge in [0.05, 0.1) is 5.56 Å². The van der Waals surface area contributed by atoms with Crippen LogP contribution in [0.25, 0.3) is 22.3 Å². The molecule has 0 atom stereocenters. The molecular weight excluding hydrogens is 392 g/mol. The third kappa shape index (κ3) is 4.71. The van der Waals surface area contributed by atoms with Crippen LogP contribution in [0.1, 0.15) is 43.2 Å². The number of nitrogens with one attached hydrogen (secondary N) is 2. The number of fused-ring (bicyclic) bond motifs is 1. The maximum Gasteiger partial charge on any atom is 0.259 e. The Labute approximate surface area is 179 Å². The first kappa shape index (κ1) is 20.5. The number of aromatic nitrogens is 3. The fraction of sp³-hybridized carbons (Fsp3) is 0.250. The van der Waals surface area contributed by atoms with Gasteiger partial charge in [-0.1, -0.05) is 43.3 Å². The maximum absolute atomic E-state index is 12.4. The highest BCUT2D eigenvalue weighted by molar-refractivity contribution is 5.90. The van der Waals surface area contributed by atoms with Crippen molar-refractivity contribution in [2.45, 2.75) is 39.5 Å². The first-order chi connectivity index (χ1) is 14.9. The van der Waals surface area contributed by atoms with Crippen LogP contribution in [-0.4, -0.2) is 21.0 Å². The summed E-state index contributed by atoms with van der Waals surface area (Å²) in [5, 5.41) is 7.67. The second-order valence-corrected chi connectivity index (χ2v) is 7.94. The van der Waals surface area contributed by atoms with Crippen LogP contribution in [0.15, 0.2) is 57.8 Å². The standard InChI is InChI=1S/C24H24N4O3/c1-14(2)16-6-8-18(9-7-16)25-21(29)10-11-22-27-23(28-31-22)19-13-17-5-4-15(3)12-20(17)26-24(19)30/h4-9,12-14H,10-11H2,1-3H3,(H,25,29)(H,26,30). The summed E-state index contributed by atoms with van der Waals surface area (Å²) in [7, 11) is 0. The van der Waals surface area contributed by atoms with Gasteiger partial charge in [-0.3, -0.25) is 9.59 Å². The van der Waals surface area contributed by atoms with E-state index in [4.69, 9.17) is 4.52 Å². The van der Waals surface area contributed by atoms with Gasteiger partial charge in [0.1, 0.15) is 0 Å². The number of H-pyrrole nitrogens is 1. The molecule has 0 unspecified atom stereocenters. The van der Waals surface area contributed by atoms with Crippen LogP contribution in [-0.2, 0) is 11.2 Å². The van der Waals surface area contributed by atoms with Gasteiger partial charge in [0.25, 0.3) is 5.56 Å². The zero-order valence-corrected chi connectivity index (χ0v) is 17.7. The smallest absolute Gasteiger partial charge is 0.259 e. The number of benzene rings is 2. The Morgan fingerprint density at radius 1 is 1.13 bits per heavy atom. The highest BCUT2D eigenvalue weighted by atomic mass is 16.5. The van der Waals surface area contributed by atoms with Gasteiger partial charge in [-0.2, -0.15) is 4.98 Å². The lowest BCUT2D eigenvalue weighted by molar-refractivity contribution is -0.116. The fourth-order valence-electron chi connectivity index (χ4n) is 3.34. The molecule has 2 heterocycles. The minimum absolute atomic E-state index is 0.143. The van der Waals surface area contributed by atoms with Gasteiger partial charge in [0.15, 0.2) is 0 Å². The molecule has 4 rings (SSSR count). The van der Waals surface area contributed by atoms with Gasteiger partial charge in [-0.15, -0.1) is 0 Å². The summed E-state index contributed by atoms with van der Waals surface area (Å²) < 4.78 is 5.25. The minimum Gasteiger partial charge on any atom is -0.339 e. The lowest BCUT2D eigenvalue weighted by Gasteiger charge is -2.08. The number of amides is 1. The molecule has 0 saturated heterocycles. The molecule has 7 nitrogen and oxygen atoms in total. The van der Waals surface area contributed by atoms with E-state index in [0.29, 0.717) is 17.4 Å². The predicted octanol–water partition coefficient (Wildman–Crippen LogP) is 4.58. The predicted molar refractivity (Wildman–Crippen MR) is 120 cm³/mol. The number of anilines is 1. The van der Waals surface area contributed by atoms with Crippen LogP contribution >= 0.6 is 0 Å². The number of pyridine rings is 1. The van der Waals surface area contributed by atoms with Crippen molar-refractivity contribution in [3.63, 3.8) is 0 Å². The lowest BCUT2D eigenvalue weighted by Crippen LogP contribution is -2.12. The molecule has 0 spiro atoms. The number of hydrogen-bond acceptors (Lipinski definition) is 5. The zero-order chi connectivity index (χ0) is 22.0. The number of carbonyl (C=O) groups is 1. The van der Waals surface area contributed by atoms with E-state index in [-0.39, 0.29) is 30.1 Å². The molecule has 158 valence electrons. The van der Waals surface area contributed by atoms with Crippen LogP contribution in [0.5, 0.6) is 0 Å². The van der Waals surface area contributed by atoms with Gasteiger partial charge in [0.2, 0.25) is 17.6 Å². The minimum atomic E-state index is -0.284. The van der Waals surface area contributed by atoms with Crippen LogP contribution in [0.2, 0.25) is 0 Å². The second-order valence-electron chi connectivity index (χ2n) is 7.94. The van der Waals surface area contributed by atoms with E-state index in [2.05, 4.69) is 34.3 Å². The molecule has 0 saturated carbocycles. The molecule has 0 aliphatic carbocycles. The topological polar surface area (TPSA) is 101 Å². The van der Waals surface area contributed by atoms with Crippen molar-refractivity contribution < 1.29 is 9.32 Å². The van der Waals surface area contributed by atoms with E-state index in [9.17, 15) is 9.59 Å². The first-order valence-electron chi connectivity index (χ1n) is 10.3. The van der Waals surface area contributed by atoms with Gasteiger partial charge in [-0.25, -0.2) is 0 Å². The molecule has 2 N–H and O–H groups in total. The summed E-state index contributed by atoms with van der Waals surface area (Å²) in [6.45, 7) is 6.21. The van der Waals surface area contributed by atoms with Crippen LogP contribution in [0.3, 0.4) is 0 Å². The third-order valence-electron chi connectivity index (χ3n) is 5.14. The number of aryl methyl sites for hydroxylation is 2. The van der Waals surface area contributed by atoms with Gasteiger partial charge in [0, 0.05) is 24.0 Å². The Balaban J connectivity index is 1.42. The van der Waals surface area contributed by atoms with Crippen molar-refractivity contribution in [3.05, 3.63) is 75.9 Å². The molecule has 7 heteroatoms. The summed E-state index contributed by atoms with van der Waals surface area (Å²) in [4.78, 5) is 31.9. The van der Waals surface area contributed by atoms with Crippen LogP contribution in [0.4, 0.5) is 5.69 Å². The van der Waals surface area contributed by atoms with E-state index in [1.54, 1.807) is 6.07 Å². The summed E-state index contributed by atoms with van der Waals surface area (Å²) >= 11 is 0. The Bertz CT molecular complexity index is 1290. The van der Waals surface area contributed by atoms with Crippen LogP contribution in [0, 0.1) is 6.92 Å². The van der Waals surface area contributed by atoms with E-state index < -0.39 is 0 Å². The first-order valence-corrected chi connectivity index (χ1v) is 10.3. The Morgan fingerprint density at radius 3 is 2.65 bits per heavy atom. The van der Waals surface area contributed by atoms with Crippen molar-refractivity contribution >= 4 is 22.5 Å². The molecule has 31 heavy (non-hydrogen) atoms. The Hall–Kier alpha value is -3.74. The third-order valence-corrected chi connectivity index (χ3v) is 5.14. The molecule has 0 fully saturated rings. The van der Waals surface area contributed by atoms with Crippen LogP contribution < -0.4 is 10.9 Å². The monoisotopic (exact) mass is 416 g/mol. The van der Waals surface area contributed by atoms with E-state index in [0.717, 1.165) is 22.2 Å². The molecule has 4 aromatic rings. The van der Waals surface area contributed by atoms with E-state index >= 15 is 0 Å². The number of rotatable bonds is 6. The number of nitrogens with zero attached hydrogens (tertiary/aromatic N) is 2. The van der Waals surface area contributed by atoms with Gasteiger partial charge < -0.3 is 14.8 Å². The largest absolute Gasteiger partial charge is 0.339 e. The van der Waals surface area contributed by atoms with E-state index in [1.165, 1.54) is 5.56 Å². The summed E-state index contributed by atoms with van der Waals surface area (Å²) in [5.41, 5.74) is 3.84. The SMILES string of the molecule is Cc1ccc2cc(-c3noc(CCC(=O)Nc4ccc(C(C)C)cc4)n3)c(=O)[nH]c2c1.